The smallest absolute Gasteiger partial charge is 0.132 e. The normalized spacial score (nSPS) is 15.0. The maximum Gasteiger partial charge on any atom is 0.132 e. The summed E-state index contributed by atoms with van der Waals surface area (Å²) in [5.74, 6) is 6.95. The number of thiophene rings is 1. The Morgan fingerprint density at radius 1 is 1.29 bits per heavy atom. The van der Waals surface area contributed by atoms with Crippen LogP contribution in [0.25, 0.3) is 0 Å². The van der Waals surface area contributed by atoms with E-state index in [1.807, 2.05) is 42.8 Å². The van der Waals surface area contributed by atoms with Gasteiger partial charge in [-0.2, -0.15) is 0 Å². The number of benzene rings is 1. The first-order valence-corrected chi connectivity index (χ1v) is 12.2. The van der Waals surface area contributed by atoms with Gasteiger partial charge in [-0.15, -0.1) is 11.3 Å². The molecular weight excluding hydrogens is 478 g/mol. The summed E-state index contributed by atoms with van der Waals surface area (Å²) in [4.78, 5) is 11.7. The van der Waals surface area contributed by atoms with Gasteiger partial charge in [-0.05, 0) is 43.4 Å². The average Bonchev–Trinajstić information content (AvgIpc) is 3.34. The third-order valence-electron chi connectivity index (χ3n) is 5.78. The largest absolute Gasteiger partial charge is 0.392 e. The number of imidazole rings is 1. The molecule has 1 aliphatic heterocycles. The van der Waals surface area contributed by atoms with Gasteiger partial charge in [-0.1, -0.05) is 30.3 Å². The first kappa shape index (κ1) is 24.5. The zero-order valence-electron chi connectivity index (χ0n) is 20.0. The van der Waals surface area contributed by atoms with Crippen LogP contribution < -0.4 is 10.2 Å². The van der Waals surface area contributed by atoms with Crippen molar-refractivity contribution >= 4 is 45.3 Å². The Bertz CT molecular complexity index is 1420. The Hall–Kier alpha value is -3.67. The minimum Gasteiger partial charge on any atom is -0.392 e. The lowest BCUT2D eigenvalue weighted by Gasteiger charge is -2.25. The van der Waals surface area contributed by atoms with Crippen LogP contribution in [0.3, 0.4) is 0 Å². The molecule has 2 aromatic heterocycles. The average molecular weight is 504 g/mol. The predicted octanol–water partition coefficient (Wildman–Crippen LogP) is 4.97. The Morgan fingerprint density at radius 3 is 2.60 bits per heavy atom. The van der Waals surface area contributed by atoms with Crippen LogP contribution in [-0.2, 0) is 7.05 Å². The Balaban J connectivity index is 1.96. The van der Waals surface area contributed by atoms with E-state index >= 15 is 0 Å². The van der Waals surface area contributed by atoms with E-state index < -0.39 is 6.04 Å². The van der Waals surface area contributed by atoms with Crippen molar-refractivity contribution in [1.29, 1.82) is 10.8 Å². The lowest BCUT2D eigenvalue weighted by molar-refractivity contribution is 0.775. The van der Waals surface area contributed by atoms with Crippen molar-refractivity contribution in [3.8, 4) is 11.8 Å². The quantitative estimate of drug-likeness (QED) is 0.266. The molecule has 1 aromatic carbocycles. The number of hydrogen-bond donors (Lipinski definition) is 3. The van der Waals surface area contributed by atoms with E-state index in [9.17, 15) is 0 Å². The molecule has 1 atom stereocenters. The highest BCUT2D eigenvalue weighted by atomic mass is 35.5. The topological polar surface area (TPSA) is 93.2 Å². The van der Waals surface area contributed by atoms with Crippen LogP contribution in [0.2, 0.25) is 5.02 Å². The highest BCUT2D eigenvalue weighted by molar-refractivity contribution is 7.17. The van der Waals surface area contributed by atoms with Gasteiger partial charge in [0.25, 0.3) is 0 Å². The highest BCUT2D eigenvalue weighted by Crippen LogP contribution is 2.40. The molecule has 178 valence electrons. The summed E-state index contributed by atoms with van der Waals surface area (Å²) in [6.45, 7) is 7.75. The van der Waals surface area contributed by atoms with Crippen LogP contribution in [0.4, 0.5) is 5.00 Å². The molecule has 3 aromatic rings. The third-order valence-corrected chi connectivity index (χ3v) is 7.22. The van der Waals surface area contributed by atoms with Crippen molar-refractivity contribution in [2.45, 2.75) is 26.3 Å². The molecule has 0 unspecified atom stereocenters. The number of rotatable bonds is 4. The van der Waals surface area contributed by atoms with Gasteiger partial charge >= 0.3 is 0 Å². The number of halogens is 1. The molecule has 3 heterocycles. The maximum absolute atomic E-state index is 9.03. The van der Waals surface area contributed by atoms with Gasteiger partial charge in [0, 0.05) is 42.4 Å². The summed E-state index contributed by atoms with van der Waals surface area (Å²) in [5, 5.41) is 22.0. The third kappa shape index (κ3) is 4.78. The van der Waals surface area contributed by atoms with Gasteiger partial charge in [0.05, 0.1) is 23.1 Å². The number of hydrogen-bond acceptors (Lipinski definition) is 6. The van der Waals surface area contributed by atoms with Crippen LogP contribution in [0.5, 0.6) is 0 Å². The number of amidine groups is 2. The number of aryl methyl sites for hydroxylation is 1. The van der Waals surface area contributed by atoms with Gasteiger partial charge in [0.1, 0.15) is 28.4 Å². The Labute approximate surface area is 214 Å². The van der Waals surface area contributed by atoms with Crippen molar-refractivity contribution in [1.82, 2.24) is 14.9 Å². The van der Waals surface area contributed by atoms with Crippen molar-refractivity contribution in [3.05, 3.63) is 81.3 Å². The molecule has 3 N–H and O–H groups in total. The van der Waals surface area contributed by atoms with Gasteiger partial charge in [-0.25, -0.2) is 4.98 Å². The second-order valence-corrected chi connectivity index (χ2v) is 9.68. The van der Waals surface area contributed by atoms with Crippen molar-refractivity contribution in [3.63, 3.8) is 0 Å². The van der Waals surface area contributed by atoms with Gasteiger partial charge in [-0.3, -0.25) is 20.7 Å². The van der Waals surface area contributed by atoms with Crippen LogP contribution in [-0.4, -0.2) is 40.0 Å². The molecule has 0 saturated carbocycles. The molecular formula is C26H26ClN7S. The molecule has 0 aliphatic carbocycles. The monoisotopic (exact) mass is 503 g/mol. The fraction of sp³-hybridized carbons (Fsp3) is 0.231. The lowest BCUT2D eigenvalue weighted by atomic mass is 9.99. The fourth-order valence-electron chi connectivity index (χ4n) is 3.83. The minimum atomic E-state index is -0.510. The molecule has 0 bridgehead atoms. The Kier molecular flexibility index (Phi) is 6.92. The molecule has 7 nitrogen and oxygen atoms in total. The van der Waals surface area contributed by atoms with Gasteiger partial charge < -0.3 is 9.88 Å². The summed E-state index contributed by atoms with van der Waals surface area (Å²) < 4.78 is 1.87. The molecule has 0 spiro atoms. The van der Waals surface area contributed by atoms with Crippen LogP contribution in [0, 0.1) is 29.6 Å². The molecule has 0 amide bonds. The fourth-order valence-corrected chi connectivity index (χ4v) is 5.18. The van der Waals surface area contributed by atoms with Crippen molar-refractivity contribution in [2.75, 3.05) is 11.9 Å². The number of aliphatic imine (C=N–C) groups is 1. The van der Waals surface area contributed by atoms with Crippen molar-refractivity contribution < 1.29 is 0 Å². The van der Waals surface area contributed by atoms with Crippen LogP contribution in [0.15, 0.2) is 54.1 Å². The number of nitrogens with zero attached hydrogens (tertiary/aromatic N) is 4. The summed E-state index contributed by atoms with van der Waals surface area (Å²) in [5.41, 5.74) is 5.05. The number of anilines is 1. The van der Waals surface area contributed by atoms with Gasteiger partial charge in [0.2, 0.25) is 0 Å². The van der Waals surface area contributed by atoms with Crippen LogP contribution in [0.1, 0.15) is 40.6 Å². The van der Waals surface area contributed by atoms with E-state index in [1.54, 1.807) is 31.4 Å². The molecule has 4 rings (SSSR count). The van der Waals surface area contributed by atoms with E-state index in [4.69, 9.17) is 27.4 Å². The number of nitrogens with one attached hydrogen (secondary N) is 3. The van der Waals surface area contributed by atoms with Gasteiger partial charge in [0.15, 0.2) is 0 Å². The number of fused-ring (bicyclic) bond motifs is 1. The summed E-state index contributed by atoms with van der Waals surface area (Å²) in [6.07, 6.45) is 3.88. The molecule has 0 radical (unpaired) electrons. The van der Waals surface area contributed by atoms with E-state index in [-0.39, 0.29) is 11.7 Å². The standard InChI is InChI=1S/C26H26ClN7S/c1-15(30-4)12-21-25(29)34(17(3)28)26-23(24(32-21)18-6-8-19(27)9-7-18)16(2)22(35-26)11-10-20-13-31-14-33(20)5/h6-9,13-14,21,28-30H,1,12H2,2-5H3/t21-/m0/s1. The predicted molar refractivity (Wildman–Crippen MR) is 146 cm³/mol. The minimum absolute atomic E-state index is 0.228. The highest BCUT2D eigenvalue weighted by Gasteiger charge is 2.34. The second kappa shape index (κ2) is 9.90. The Morgan fingerprint density at radius 2 is 2.00 bits per heavy atom. The van der Waals surface area contributed by atoms with E-state index in [1.165, 1.54) is 11.3 Å². The maximum atomic E-state index is 9.03. The zero-order valence-corrected chi connectivity index (χ0v) is 21.6. The molecule has 0 fully saturated rings. The SMILES string of the molecule is C=C(C[C@@H]1N=C(c2ccc(Cl)cc2)c2c(sc(C#Cc3cncn3C)c2C)N(C(C)=N)C1=N)NC. The van der Waals surface area contributed by atoms with E-state index in [0.29, 0.717) is 11.4 Å². The molecule has 0 saturated heterocycles. The lowest BCUT2D eigenvalue weighted by Crippen LogP contribution is -2.40. The second-order valence-electron chi connectivity index (χ2n) is 8.24. The zero-order chi connectivity index (χ0) is 25.3. The summed E-state index contributed by atoms with van der Waals surface area (Å²) in [6, 6.07) is 7.03. The molecule has 9 heteroatoms. The first-order valence-electron chi connectivity index (χ1n) is 11.0. The first-order chi connectivity index (χ1) is 16.7. The van der Waals surface area contributed by atoms with E-state index in [0.717, 1.165) is 43.7 Å². The van der Waals surface area contributed by atoms with Crippen molar-refractivity contribution in [2.24, 2.45) is 12.0 Å². The number of aromatic nitrogens is 2. The van der Waals surface area contributed by atoms with Crippen LogP contribution >= 0.6 is 22.9 Å². The molecule has 35 heavy (non-hydrogen) atoms. The summed E-state index contributed by atoms with van der Waals surface area (Å²) in [7, 11) is 3.71. The summed E-state index contributed by atoms with van der Waals surface area (Å²) >= 11 is 7.64. The van der Waals surface area contributed by atoms with E-state index in [2.05, 4.69) is 28.7 Å². The molecule has 1 aliphatic rings.